The number of benzene rings is 1. The average Bonchev–Trinajstić information content (AvgIpc) is 2.67. The van der Waals surface area contributed by atoms with E-state index in [1.165, 1.54) is 19.4 Å². The van der Waals surface area contributed by atoms with Crippen LogP contribution >= 0.6 is 0 Å². The summed E-state index contributed by atoms with van der Waals surface area (Å²) in [7, 11) is 0. The van der Waals surface area contributed by atoms with Crippen molar-refractivity contribution < 1.29 is 14.3 Å². The Morgan fingerprint density at radius 3 is 2.52 bits per heavy atom. The molecule has 5 nitrogen and oxygen atoms in total. The lowest BCUT2D eigenvalue weighted by Gasteiger charge is -2.47. The van der Waals surface area contributed by atoms with Crippen molar-refractivity contribution in [3.63, 3.8) is 0 Å². The molecule has 0 bridgehead atoms. The molecule has 0 radical (unpaired) electrons. The van der Waals surface area contributed by atoms with Gasteiger partial charge in [-0.1, -0.05) is 18.2 Å². The van der Waals surface area contributed by atoms with Gasteiger partial charge in [0.1, 0.15) is 6.61 Å². The van der Waals surface area contributed by atoms with Crippen LogP contribution in [-0.2, 0) is 14.3 Å². The number of amides is 1. The Hall–Kier alpha value is -1.43. The van der Waals surface area contributed by atoms with E-state index in [4.69, 9.17) is 9.47 Å². The van der Waals surface area contributed by atoms with Crippen molar-refractivity contribution >= 4 is 11.6 Å². The maximum Gasteiger partial charge on any atom is 0.253 e. The summed E-state index contributed by atoms with van der Waals surface area (Å²) in [5.74, 6) is 0.846. The summed E-state index contributed by atoms with van der Waals surface area (Å²) in [4.78, 5) is 16.8. The van der Waals surface area contributed by atoms with E-state index >= 15 is 0 Å². The largest absolute Gasteiger partial charge is 0.381 e. The molecule has 1 aromatic carbocycles. The highest BCUT2D eigenvalue weighted by Crippen LogP contribution is 2.33. The van der Waals surface area contributed by atoms with Crippen molar-refractivity contribution in [3.8, 4) is 0 Å². The van der Waals surface area contributed by atoms with Gasteiger partial charge in [0.15, 0.2) is 0 Å². The third-order valence-corrected chi connectivity index (χ3v) is 5.94. The molecule has 0 atom stereocenters. The van der Waals surface area contributed by atoms with Gasteiger partial charge in [0.05, 0.1) is 12.1 Å². The summed E-state index contributed by atoms with van der Waals surface area (Å²) in [6.45, 7) is 6.03. The molecule has 0 unspecified atom stereocenters. The molecule has 0 aromatic heterocycles. The van der Waals surface area contributed by atoms with E-state index in [2.05, 4.69) is 4.90 Å². The Morgan fingerprint density at radius 2 is 1.80 bits per heavy atom. The van der Waals surface area contributed by atoms with Crippen molar-refractivity contribution in [2.24, 2.45) is 5.92 Å². The first-order chi connectivity index (χ1) is 12.2. The number of ether oxygens (including phenoxy) is 2. The van der Waals surface area contributed by atoms with Crippen molar-refractivity contribution in [3.05, 3.63) is 30.3 Å². The van der Waals surface area contributed by atoms with E-state index < -0.39 is 0 Å². The lowest BCUT2D eigenvalue weighted by molar-refractivity contribution is -0.145. The Morgan fingerprint density at radius 1 is 1.08 bits per heavy atom. The fourth-order valence-corrected chi connectivity index (χ4v) is 4.30. The van der Waals surface area contributed by atoms with Crippen LogP contribution in [0.4, 0.5) is 5.69 Å². The summed E-state index contributed by atoms with van der Waals surface area (Å²) in [6, 6.07) is 9.98. The number of rotatable bonds is 3. The number of carbonyl (C=O) groups excluding carboxylic acids is 1. The topological polar surface area (TPSA) is 42.0 Å². The number of piperidine rings is 1. The molecule has 136 valence electrons. The lowest BCUT2D eigenvalue weighted by Crippen LogP contribution is -2.59. The van der Waals surface area contributed by atoms with Crippen molar-refractivity contribution in [2.45, 2.75) is 31.3 Å². The van der Waals surface area contributed by atoms with Gasteiger partial charge in [0.2, 0.25) is 0 Å². The summed E-state index contributed by atoms with van der Waals surface area (Å²) >= 11 is 0. The second-order valence-electron chi connectivity index (χ2n) is 7.64. The Balaban J connectivity index is 1.36. The fourth-order valence-electron chi connectivity index (χ4n) is 4.30. The van der Waals surface area contributed by atoms with Crippen LogP contribution in [-0.4, -0.2) is 62.4 Å². The van der Waals surface area contributed by atoms with E-state index in [1.54, 1.807) is 0 Å². The predicted octanol–water partition coefficient (Wildman–Crippen LogP) is 2.31. The SMILES string of the molecule is O=C1COC2(CCN(CC3CCOCC3)CC2)CN1c1ccccc1. The number of nitrogens with zero attached hydrogens (tertiary/aromatic N) is 2. The second-order valence-corrected chi connectivity index (χ2v) is 7.64. The zero-order valence-electron chi connectivity index (χ0n) is 14.9. The average molecular weight is 344 g/mol. The van der Waals surface area contributed by atoms with Crippen LogP contribution in [0.1, 0.15) is 25.7 Å². The second kappa shape index (κ2) is 7.44. The monoisotopic (exact) mass is 344 g/mol. The highest BCUT2D eigenvalue weighted by Gasteiger charge is 2.42. The summed E-state index contributed by atoms with van der Waals surface area (Å²) in [5.41, 5.74) is 0.815. The van der Waals surface area contributed by atoms with Crippen molar-refractivity contribution in [1.82, 2.24) is 4.90 Å². The smallest absolute Gasteiger partial charge is 0.253 e. The van der Waals surface area contributed by atoms with Gasteiger partial charge in [-0.2, -0.15) is 0 Å². The molecule has 5 heteroatoms. The quantitative estimate of drug-likeness (QED) is 0.844. The van der Waals surface area contributed by atoms with Crippen LogP contribution in [0.25, 0.3) is 0 Å². The van der Waals surface area contributed by atoms with Crippen LogP contribution in [0.2, 0.25) is 0 Å². The van der Waals surface area contributed by atoms with E-state index in [0.717, 1.165) is 50.8 Å². The van der Waals surface area contributed by atoms with Crippen LogP contribution in [0.3, 0.4) is 0 Å². The van der Waals surface area contributed by atoms with Crippen molar-refractivity contribution in [2.75, 3.05) is 50.9 Å². The normalized spacial score (nSPS) is 25.4. The number of hydrogen-bond donors (Lipinski definition) is 0. The van der Waals surface area contributed by atoms with Crippen LogP contribution in [0.5, 0.6) is 0 Å². The summed E-state index contributed by atoms with van der Waals surface area (Å²) in [6.07, 6.45) is 4.39. The van der Waals surface area contributed by atoms with Gasteiger partial charge in [0, 0.05) is 38.5 Å². The van der Waals surface area contributed by atoms with Gasteiger partial charge >= 0.3 is 0 Å². The van der Waals surface area contributed by atoms with Gasteiger partial charge in [-0.05, 0) is 43.7 Å². The van der Waals surface area contributed by atoms with Crippen LogP contribution in [0.15, 0.2) is 30.3 Å². The standard InChI is InChI=1S/C20H28N2O3/c23-19-15-25-20(16-22(19)18-4-2-1-3-5-18)8-10-21(11-9-20)14-17-6-12-24-13-7-17/h1-5,17H,6-16H2. The number of para-hydroxylation sites is 1. The molecule has 0 N–H and O–H groups in total. The zero-order chi connectivity index (χ0) is 17.1. The minimum Gasteiger partial charge on any atom is -0.381 e. The van der Waals surface area contributed by atoms with Crippen LogP contribution in [0, 0.1) is 5.92 Å². The molecule has 3 heterocycles. The molecule has 1 amide bonds. The third-order valence-electron chi connectivity index (χ3n) is 5.94. The molecular weight excluding hydrogens is 316 g/mol. The third kappa shape index (κ3) is 3.89. The minimum absolute atomic E-state index is 0.0708. The lowest BCUT2D eigenvalue weighted by atomic mass is 9.88. The molecule has 1 spiro atoms. The van der Waals surface area contributed by atoms with E-state index in [-0.39, 0.29) is 18.1 Å². The molecule has 4 rings (SSSR count). The fraction of sp³-hybridized carbons (Fsp3) is 0.650. The van der Waals surface area contributed by atoms with Gasteiger partial charge < -0.3 is 19.3 Å². The molecule has 3 fully saturated rings. The maximum atomic E-state index is 12.3. The maximum absolute atomic E-state index is 12.3. The highest BCUT2D eigenvalue weighted by atomic mass is 16.5. The van der Waals surface area contributed by atoms with E-state index in [1.807, 2.05) is 35.2 Å². The number of anilines is 1. The van der Waals surface area contributed by atoms with Gasteiger partial charge in [-0.3, -0.25) is 4.79 Å². The van der Waals surface area contributed by atoms with Gasteiger partial charge in [-0.25, -0.2) is 0 Å². The number of carbonyl (C=O) groups is 1. The van der Waals surface area contributed by atoms with Crippen molar-refractivity contribution in [1.29, 1.82) is 0 Å². The summed E-state index contributed by atoms with van der Waals surface area (Å²) in [5, 5.41) is 0. The predicted molar refractivity (Wildman–Crippen MR) is 96.7 cm³/mol. The van der Waals surface area contributed by atoms with Gasteiger partial charge in [0.25, 0.3) is 5.91 Å². The molecule has 3 saturated heterocycles. The molecule has 1 aromatic rings. The van der Waals surface area contributed by atoms with Gasteiger partial charge in [-0.15, -0.1) is 0 Å². The first kappa shape index (κ1) is 17.0. The first-order valence-corrected chi connectivity index (χ1v) is 9.54. The highest BCUT2D eigenvalue weighted by molar-refractivity contribution is 5.95. The minimum atomic E-state index is -0.171. The Labute approximate surface area is 149 Å². The van der Waals surface area contributed by atoms with E-state index in [9.17, 15) is 4.79 Å². The molecular formula is C20H28N2O3. The Kier molecular flexibility index (Phi) is 5.06. The van der Waals surface area contributed by atoms with E-state index in [0.29, 0.717) is 6.54 Å². The number of likely N-dealkylation sites (tertiary alicyclic amines) is 1. The molecule has 0 saturated carbocycles. The zero-order valence-corrected chi connectivity index (χ0v) is 14.9. The molecule has 25 heavy (non-hydrogen) atoms. The number of morpholine rings is 1. The van der Waals surface area contributed by atoms with Crippen LogP contribution < -0.4 is 4.90 Å². The first-order valence-electron chi connectivity index (χ1n) is 9.54. The number of hydrogen-bond acceptors (Lipinski definition) is 4. The molecule has 3 aliphatic heterocycles. The molecule has 3 aliphatic rings. The Bertz CT molecular complexity index is 578. The molecule has 0 aliphatic carbocycles. The summed E-state index contributed by atoms with van der Waals surface area (Å²) < 4.78 is 11.5.